The maximum absolute atomic E-state index is 12.1. The zero-order valence-corrected chi connectivity index (χ0v) is 11.7. The Hall–Kier alpha value is -2.46. The van der Waals surface area contributed by atoms with Gasteiger partial charge in [0.25, 0.3) is 11.8 Å². The molecule has 0 bridgehead atoms. The molecular weight excluding hydrogens is 266 g/mol. The molecule has 1 heterocycles. The van der Waals surface area contributed by atoms with E-state index >= 15 is 0 Å². The number of nitrogens with zero attached hydrogens (tertiary/aromatic N) is 1. The zero-order valence-electron chi connectivity index (χ0n) is 11.7. The molecule has 0 aromatic heterocycles. The Kier molecular flexibility index (Phi) is 3.54. The number of carbonyl (C=O) groups is 2. The molecule has 0 aliphatic carbocycles. The molecule has 2 amide bonds. The van der Waals surface area contributed by atoms with Crippen LogP contribution >= 0.6 is 0 Å². The average Bonchev–Trinajstić information content (AvgIpc) is 2.78. The van der Waals surface area contributed by atoms with E-state index in [-0.39, 0.29) is 12.5 Å². The van der Waals surface area contributed by atoms with Crippen molar-refractivity contribution < 1.29 is 14.4 Å². The van der Waals surface area contributed by atoms with Crippen molar-refractivity contribution in [3.05, 3.63) is 71.3 Å². The first-order valence-corrected chi connectivity index (χ1v) is 6.84. The predicted molar refractivity (Wildman–Crippen MR) is 77.8 cm³/mol. The van der Waals surface area contributed by atoms with E-state index in [1.54, 1.807) is 24.3 Å². The SMILES string of the molecule is CC(CON1C(=O)c2ccccc2C1=O)c1ccccc1. The van der Waals surface area contributed by atoms with Gasteiger partial charge in [0.2, 0.25) is 0 Å². The third-order valence-electron chi connectivity index (χ3n) is 3.58. The number of hydroxylamine groups is 2. The standard InChI is InChI=1S/C17H15NO3/c1-12(13-7-3-2-4-8-13)11-21-18-16(19)14-9-5-6-10-15(14)17(18)20/h2-10,12H,11H2,1H3. The molecule has 4 nitrogen and oxygen atoms in total. The van der Waals surface area contributed by atoms with Crippen molar-refractivity contribution in [2.75, 3.05) is 6.61 Å². The molecule has 1 atom stereocenters. The van der Waals surface area contributed by atoms with E-state index in [1.165, 1.54) is 0 Å². The fourth-order valence-corrected chi connectivity index (χ4v) is 2.35. The van der Waals surface area contributed by atoms with E-state index in [1.807, 2.05) is 37.3 Å². The van der Waals surface area contributed by atoms with Gasteiger partial charge in [-0.25, -0.2) is 0 Å². The van der Waals surface area contributed by atoms with Crippen LogP contribution in [0.3, 0.4) is 0 Å². The van der Waals surface area contributed by atoms with Crippen LogP contribution in [-0.4, -0.2) is 23.5 Å². The normalized spacial score (nSPS) is 15.2. The Morgan fingerprint density at radius 1 is 0.905 bits per heavy atom. The highest BCUT2D eigenvalue weighted by molar-refractivity contribution is 6.20. The van der Waals surface area contributed by atoms with Crippen LogP contribution in [0, 0.1) is 0 Å². The summed E-state index contributed by atoms with van der Waals surface area (Å²) in [7, 11) is 0. The predicted octanol–water partition coefficient (Wildman–Crippen LogP) is 3.02. The lowest BCUT2D eigenvalue weighted by molar-refractivity contribution is -0.0948. The fraction of sp³-hybridized carbons (Fsp3) is 0.176. The summed E-state index contributed by atoms with van der Waals surface area (Å²) in [5.41, 5.74) is 1.90. The molecule has 0 saturated heterocycles. The molecule has 1 unspecified atom stereocenters. The molecule has 3 rings (SSSR count). The summed E-state index contributed by atoms with van der Waals surface area (Å²) in [6, 6.07) is 16.6. The minimum atomic E-state index is -0.393. The fourth-order valence-electron chi connectivity index (χ4n) is 2.35. The highest BCUT2D eigenvalue weighted by Gasteiger charge is 2.36. The number of amides is 2. The smallest absolute Gasteiger partial charge is 0.266 e. The number of benzene rings is 2. The molecule has 106 valence electrons. The molecule has 2 aromatic carbocycles. The van der Waals surface area contributed by atoms with Crippen molar-refractivity contribution in [3.8, 4) is 0 Å². The second-order valence-electron chi connectivity index (χ2n) is 5.06. The van der Waals surface area contributed by atoms with Gasteiger partial charge in [-0.05, 0) is 17.7 Å². The van der Waals surface area contributed by atoms with E-state index in [0.29, 0.717) is 11.1 Å². The first-order valence-electron chi connectivity index (χ1n) is 6.84. The Morgan fingerprint density at radius 2 is 1.43 bits per heavy atom. The molecule has 1 aliphatic heterocycles. The van der Waals surface area contributed by atoms with Crippen molar-refractivity contribution in [2.24, 2.45) is 0 Å². The van der Waals surface area contributed by atoms with Gasteiger partial charge in [0, 0.05) is 5.92 Å². The van der Waals surface area contributed by atoms with Crippen LogP contribution in [0.25, 0.3) is 0 Å². The Balaban J connectivity index is 1.70. The minimum Gasteiger partial charge on any atom is -0.266 e. The quantitative estimate of drug-likeness (QED) is 0.809. The first-order chi connectivity index (χ1) is 10.2. The van der Waals surface area contributed by atoms with Crippen molar-refractivity contribution >= 4 is 11.8 Å². The first kappa shape index (κ1) is 13.5. The molecule has 0 N–H and O–H groups in total. The van der Waals surface area contributed by atoms with Gasteiger partial charge in [-0.15, -0.1) is 5.06 Å². The summed E-state index contributed by atoms with van der Waals surface area (Å²) in [6.07, 6.45) is 0. The van der Waals surface area contributed by atoms with Gasteiger partial charge in [-0.2, -0.15) is 0 Å². The van der Waals surface area contributed by atoms with Gasteiger partial charge in [0.05, 0.1) is 17.7 Å². The van der Waals surface area contributed by atoms with E-state index < -0.39 is 11.8 Å². The summed E-state index contributed by atoms with van der Waals surface area (Å²) >= 11 is 0. The lowest BCUT2D eigenvalue weighted by Crippen LogP contribution is -2.31. The summed E-state index contributed by atoms with van der Waals surface area (Å²) in [4.78, 5) is 29.7. The van der Waals surface area contributed by atoms with Crippen LogP contribution in [0.1, 0.15) is 39.1 Å². The molecule has 4 heteroatoms. The summed E-state index contributed by atoms with van der Waals surface area (Å²) < 4.78 is 0. The van der Waals surface area contributed by atoms with Crippen molar-refractivity contribution in [1.29, 1.82) is 0 Å². The van der Waals surface area contributed by atoms with Crippen LogP contribution in [0.2, 0.25) is 0 Å². The Morgan fingerprint density at radius 3 is 2.00 bits per heavy atom. The van der Waals surface area contributed by atoms with Crippen LogP contribution < -0.4 is 0 Å². The number of hydrogen-bond donors (Lipinski definition) is 0. The summed E-state index contributed by atoms with van der Waals surface area (Å²) in [5, 5.41) is 0.865. The Labute approximate surface area is 122 Å². The zero-order chi connectivity index (χ0) is 14.8. The van der Waals surface area contributed by atoms with E-state index in [4.69, 9.17) is 4.84 Å². The lowest BCUT2D eigenvalue weighted by Gasteiger charge is -2.17. The van der Waals surface area contributed by atoms with E-state index in [2.05, 4.69) is 0 Å². The second kappa shape index (κ2) is 5.50. The van der Waals surface area contributed by atoms with Crippen molar-refractivity contribution in [2.45, 2.75) is 12.8 Å². The molecule has 1 aliphatic rings. The van der Waals surface area contributed by atoms with Crippen LogP contribution in [0.4, 0.5) is 0 Å². The van der Waals surface area contributed by atoms with E-state index in [0.717, 1.165) is 10.6 Å². The molecule has 0 spiro atoms. The third-order valence-corrected chi connectivity index (χ3v) is 3.58. The molecule has 21 heavy (non-hydrogen) atoms. The molecule has 0 fully saturated rings. The monoisotopic (exact) mass is 281 g/mol. The van der Waals surface area contributed by atoms with Crippen molar-refractivity contribution in [3.63, 3.8) is 0 Å². The van der Waals surface area contributed by atoms with Crippen LogP contribution in [0.15, 0.2) is 54.6 Å². The molecule has 2 aromatic rings. The van der Waals surface area contributed by atoms with Gasteiger partial charge in [-0.1, -0.05) is 49.4 Å². The number of hydrogen-bond acceptors (Lipinski definition) is 3. The molecule has 0 saturated carbocycles. The number of rotatable bonds is 4. The number of carbonyl (C=O) groups excluding carboxylic acids is 2. The van der Waals surface area contributed by atoms with Gasteiger partial charge in [-0.3, -0.25) is 14.4 Å². The van der Waals surface area contributed by atoms with Gasteiger partial charge in [0.1, 0.15) is 0 Å². The Bertz CT molecular complexity index is 646. The molecular formula is C17H15NO3. The average molecular weight is 281 g/mol. The highest BCUT2D eigenvalue weighted by Crippen LogP contribution is 2.24. The minimum absolute atomic E-state index is 0.0931. The lowest BCUT2D eigenvalue weighted by atomic mass is 10.0. The maximum atomic E-state index is 12.1. The highest BCUT2D eigenvalue weighted by atomic mass is 16.7. The van der Waals surface area contributed by atoms with Crippen LogP contribution in [0.5, 0.6) is 0 Å². The largest absolute Gasteiger partial charge is 0.285 e. The van der Waals surface area contributed by atoms with Gasteiger partial charge in [0.15, 0.2) is 0 Å². The molecule has 0 radical (unpaired) electrons. The second-order valence-corrected chi connectivity index (χ2v) is 5.06. The van der Waals surface area contributed by atoms with Crippen molar-refractivity contribution in [1.82, 2.24) is 5.06 Å². The van der Waals surface area contributed by atoms with Gasteiger partial charge >= 0.3 is 0 Å². The summed E-state index contributed by atoms with van der Waals surface area (Å²) in [5.74, 6) is -0.692. The maximum Gasteiger partial charge on any atom is 0.285 e. The third kappa shape index (κ3) is 2.45. The number of imide groups is 1. The van der Waals surface area contributed by atoms with E-state index in [9.17, 15) is 9.59 Å². The van der Waals surface area contributed by atoms with Crippen LogP contribution in [-0.2, 0) is 4.84 Å². The number of fused-ring (bicyclic) bond motifs is 1. The van der Waals surface area contributed by atoms with Gasteiger partial charge < -0.3 is 0 Å². The topological polar surface area (TPSA) is 46.6 Å². The summed E-state index contributed by atoms with van der Waals surface area (Å²) in [6.45, 7) is 2.27.